The van der Waals surface area contributed by atoms with Gasteiger partial charge in [-0.15, -0.1) is 0 Å². The van der Waals surface area contributed by atoms with Crippen molar-refractivity contribution in [2.45, 2.75) is 0 Å². The first-order chi connectivity index (χ1) is 6.27. The zero-order valence-corrected chi connectivity index (χ0v) is 6.70. The fraction of sp³-hybridized carbons (Fsp3) is 0.125. The Morgan fingerprint density at radius 2 is 2.54 bits per heavy atom. The number of ether oxygens (including phenoxy) is 1. The van der Waals surface area contributed by atoms with Gasteiger partial charge < -0.3 is 4.74 Å². The highest BCUT2D eigenvalue weighted by Crippen LogP contribution is 2.10. The zero-order chi connectivity index (χ0) is 9.68. The predicted octanol–water partition coefficient (Wildman–Crippen LogP) is 1.05. The maximum absolute atomic E-state index is 12.5. The van der Waals surface area contributed by atoms with Crippen molar-refractivity contribution in [3.05, 3.63) is 30.5 Å². The third kappa shape index (κ3) is 2.24. The van der Waals surface area contributed by atoms with Crippen LogP contribution in [0.25, 0.3) is 0 Å². The first kappa shape index (κ1) is 9.13. The van der Waals surface area contributed by atoms with Crippen molar-refractivity contribution in [1.29, 1.82) is 5.26 Å². The summed E-state index contributed by atoms with van der Waals surface area (Å²) in [5, 5.41) is 8.52. The molecule has 0 aliphatic heterocycles. The molecule has 1 aromatic rings. The van der Waals surface area contributed by atoms with E-state index in [4.69, 9.17) is 10.00 Å². The fourth-order valence-corrected chi connectivity index (χ4v) is 0.673. The Morgan fingerprint density at radius 1 is 1.77 bits per heavy atom. The van der Waals surface area contributed by atoms with Gasteiger partial charge in [-0.05, 0) is 0 Å². The van der Waals surface area contributed by atoms with Crippen molar-refractivity contribution < 1.29 is 9.13 Å². The molecule has 0 aliphatic rings. The highest BCUT2D eigenvalue weighted by Gasteiger charge is 2.06. The van der Waals surface area contributed by atoms with Crippen molar-refractivity contribution in [3.8, 4) is 11.9 Å². The lowest BCUT2D eigenvalue weighted by molar-refractivity contribution is 0.342. The Kier molecular flexibility index (Phi) is 2.92. The molecule has 0 spiro atoms. The van der Waals surface area contributed by atoms with Gasteiger partial charge in [0.25, 0.3) is 5.88 Å². The summed E-state index contributed by atoms with van der Waals surface area (Å²) in [7, 11) is 0. The van der Waals surface area contributed by atoms with Gasteiger partial charge in [-0.25, -0.2) is 9.97 Å². The van der Waals surface area contributed by atoms with Crippen LogP contribution in [0.4, 0.5) is 4.39 Å². The largest absolute Gasteiger partial charge is 0.471 e. The molecule has 0 atom stereocenters. The van der Waals surface area contributed by atoms with Crippen LogP contribution in [0.5, 0.6) is 5.88 Å². The molecule has 0 bridgehead atoms. The van der Waals surface area contributed by atoms with Gasteiger partial charge in [0.1, 0.15) is 12.7 Å². The van der Waals surface area contributed by atoms with E-state index in [9.17, 15) is 4.39 Å². The van der Waals surface area contributed by atoms with Crippen molar-refractivity contribution in [1.82, 2.24) is 9.97 Å². The van der Waals surface area contributed by atoms with E-state index in [0.29, 0.717) is 0 Å². The number of hydrogen-bond donors (Lipinski definition) is 0. The lowest BCUT2D eigenvalue weighted by Gasteiger charge is -2.01. The number of rotatable bonds is 3. The van der Waals surface area contributed by atoms with Gasteiger partial charge in [0.2, 0.25) is 11.6 Å². The number of halogens is 1. The van der Waals surface area contributed by atoms with Crippen LogP contribution in [0.15, 0.2) is 18.9 Å². The van der Waals surface area contributed by atoms with Crippen molar-refractivity contribution in [3.63, 3.8) is 0 Å². The van der Waals surface area contributed by atoms with Crippen LogP contribution >= 0.6 is 0 Å². The van der Waals surface area contributed by atoms with Gasteiger partial charge in [0.15, 0.2) is 0 Å². The van der Waals surface area contributed by atoms with Crippen LogP contribution in [-0.4, -0.2) is 16.6 Å². The molecule has 1 heterocycles. The second-order valence-electron chi connectivity index (χ2n) is 2.06. The minimum absolute atomic E-state index is 0.0174. The second kappa shape index (κ2) is 4.16. The zero-order valence-electron chi connectivity index (χ0n) is 6.70. The normalized spacial score (nSPS) is 8.92. The third-order valence-corrected chi connectivity index (χ3v) is 1.15. The topological polar surface area (TPSA) is 58.8 Å². The Labute approximate surface area is 74.3 Å². The Bertz CT molecular complexity index is 359. The van der Waals surface area contributed by atoms with Gasteiger partial charge in [-0.2, -0.15) is 9.65 Å². The van der Waals surface area contributed by atoms with Gasteiger partial charge in [-0.3, -0.25) is 0 Å². The van der Waals surface area contributed by atoms with Crippen LogP contribution in [0, 0.1) is 17.3 Å². The van der Waals surface area contributed by atoms with Crippen LogP contribution in [0.3, 0.4) is 0 Å². The summed E-state index contributed by atoms with van der Waals surface area (Å²) < 4.78 is 17.4. The summed E-state index contributed by atoms with van der Waals surface area (Å²) in [6.45, 7) is 3.62. The van der Waals surface area contributed by atoms with Gasteiger partial charge in [0, 0.05) is 0 Å². The Morgan fingerprint density at radius 3 is 3.15 bits per heavy atom. The quantitative estimate of drug-likeness (QED) is 0.651. The standard InChI is InChI=1S/C8H6FN3O/c1-2-3-13-8-6(4-10)12-7(9)5-11-8/h2,5H,1,3H2. The molecular formula is C8H6FN3O. The van der Waals surface area contributed by atoms with Gasteiger partial charge in [-0.1, -0.05) is 12.7 Å². The predicted molar refractivity (Wildman–Crippen MR) is 42.4 cm³/mol. The molecule has 66 valence electrons. The molecule has 1 aromatic heterocycles. The highest BCUT2D eigenvalue weighted by atomic mass is 19.1. The molecule has 0 radical (unpaired) electrons. The molecule has 5 heteroatoms. The van der Waals surface area contributed by atoms with E-state index in [1.165, 1.54) is 6.08 Å². The first-order valence-corrected chi connectivity index (χ1v) is 3.44. The molecule has 0 saturated heterocycles. The maximum Gasteiger partial charge on any atom is 0.251 e. The Hall–Kier alpha value is -1.96. The van der Waals surface area contributed by atoms with E-state index in [2.05, 4.69) is 16.5 Å². The molecule has 0 fully saturated rings. The van der Waals surface area contributed by atoms with Crippen LogP contribution in [0.2, 0.25) is 0 Å². The van der Waals surface area contributed by atoms with E-state index in [0.717, 1.165) is 6.20 Å². The minimum atomic E-state index is -0.803. The molecule has 1 rings (SSSR count). The van der Waals surface area contributed by atoms with Gasteiger partial charge in [0.05, 0.1) is 6.20 Å². The van der Waals surface area contributed by atoms with Crippen LogP contribution in [-0.2, 0) is 0 Å². The van der Waals surface area contributed by atoms with E-state index in [1.54, 1.807) is 6.07 Å². The average molecular weight is 179 g/mol. The molecule has 0 aromatic carbocycles. The van der Waals surface area contributed by atoms with E-state index < -0.39 is 5.95 Å². The fourth-order valence-electron chi connectivity index (χ4n) is 0.673. The lowest BCUT2D eigenvalue weighted by Crippen LogP contribution is -2.01. The minimum Gasteiger partial charge on any atom is -0.471 e. The number of nitrogens with zero attached hydrogens (tertiary/aromatic N) is 3. The average Bonchev–Trinajstić information content (AvgIpc) is 2.16. The first-order valence-electron chi connectivity index (χ1n) is 3.44. The maximum atomic E-state index is 12.5. The third-order valence-electron chi connectivity index (χ3n) is 1.15. The van der Waals surface area contributed by atoms with Crippen molar-refractivity contribution in [2.24, 2.45) is 0 Å². The molecule has 13 heavy (non-hydrogen) atoms. The van der Waals surface area contributed by atoms with Crippen LogP contribution in [0.1, 0.15) is 5.69 Å². The van der Waals surface area contributed by atoms with Crippen molar-refractivity contribution in [2.75, 3.05) is 6.61 Å². The Balaban J connectivity index is 2.94. The SMILES string of the molecule is C=CCOc1ncc(F)nc1C#N. The summed E-state index contributed by atoms with van der Waals surface area (Å²) in [6.07, 6.45) is 2.38. The summed E-state index contributed by atoms with van der Waals surface area (Å²) in [5.74, 6) is -0.786. The lowest BCUT2D eigenvalue weighted by atomic mass is 10.4. The van der Waals surface area contributed by atoms with E-state index in [1.807, 2.05) is 0 Å². The number of hydrogen-bond acceptors (Lipinski definition) is 4. The van der Waals surface area contributed by atoms with E-state index >= 15 is 0 Å². The summed E-state index contributed by atoms with van der Waals surface area (Å²) in [4.78, 5) is 6.85. The molecule has 0 amide bonds. The second-order valence-corrected chi connectivity index (χ2v) is 2.06. The molecule has 0 N–H and O–H groups in total. The molecule has 4 nitrogen and oxygen atoms in total. The molecule has 0 aliphatic carbocycles. The summed E-state index contributed by atoms with van der Waals surface area (Å²) in [6, 6.07) is 1.67. The van der Waals surface area contributed by atoms with Crippen LogP contribution < -0.4 is 4.74 Å². The van der Waals surface area contributed by atoms with Crippen molar-refractivity contribution >= 4 is 0 Å². The summed E-state index contributed by atoms with van der Waals surface area (Å²) >= 11 is 0. The molecule has 0 unspecified atom stereocenters. The van der Waals surface area contributed by atoms with Gasteiger partial charge >= 0.3 is 0 Å². The highest BCUT2D eigenvalue weighted by molar-refractivity contribution is 5.30. The molecule has 0 saturated carbocycles. The monoisotopic (exact) mass is 179 g/mol. The number of aromatic nitrogens is 2. The number of nitriles is 1. The molecular weight excluding hydrogens is 173 g/mol. The summed E-state index contributed by atoms with van der Waals surface area (Å²) in [5.41, 5.74) is -0.165. The smallest absolute Gasteiger partial charge is 0.251 e. The van der Waals surface area contributed by atoms with E-state index in [-0.39, 0.29) is 18.2 Å².